The molecule has 0 unspecified atom stereocenters. The molecule has 2 N–H and O–H groups in total. The third-order valence-electron chi connectivity index (χ3n) is 4.44. The van der Waals surface area contributed by atoms with Crippen LogP contribution in [0, 0.1) is 19.7 Å². The van der Waals surface area contributed by atoms with Crippen LogP contribution in [0.3, 0.4) is 0 Å². The van der Waals surface area contributed by atoms with Gasteiger partial charge >= 0.3 is 6.03 Å². The molecule has 0 spiro atoms. The summed E-state index contributed by atoms with van der Waals surface area (Å²) in [6.07, 6.45) is 0.510. The average Bonchev–Trinajstić information content (AvgIpc) is 2.95. The Morgan fingerprint density at radius 3 is 2.52 bits per heavy atom. The molecule has 1 aliphatic heterocycles. The minimum Gasteiger partial charge on any atom is -0.494 e. The summed E-state index contributed by atoms with van der Waals surface area (Å²) in [5.74, 6) is -0.639. The Morgan fingerprint density at radius 2 is 1.89 bits per heavy atom. The maximum atomic E-state index is 13.7. The number of nitrogens with one attached hydrogen (secondary N) is 2. The van der Waals surface area contributed by atoms with Crippen molar-refractivity contribution in [3.05, 3.63) is 53.3 Å². The van der Waals surface area contributed by atoms with Crippen molar-refractivity contribution in [3.63, 3.8) is 0 Å². The molecule has 0 bridgehead atoms. The topological polar surface area (TPSA) is 70.7 Å². The number of carbonyl (C=O) groups is 2. The third-order valence-corrected chi connectivity index (χ3v) is 4.44. The number of benzene rings is 2. The van der Waals surface area contributed by atoms with E-state index in [4.69, 9.17) is 4.74 Å². The van der Waals surface area contributed by atoms with Crippen molar-refractivity contribution in [2.75, 3.05) is 23.9 Å². The van der Waals surface area contributed by atoms with Crippen LogP contribution in [0.15, 0.2) is 36.4 Å². The van der Waals surface area contributed by atoms with Crippen LogP contribution in [0.2, 0.25) is 0 Å². The first-order valence-electron chi connectivity index (χ1n) is 8.68. The van der Waals surface area contributed by atoms with Gasteiger partial charge in [0, 0.05) is 24.0 Å². The second-order valence-corrected chi connectivity index (χ2v) is 6.62. The summed E-state index contributed by atoms with van der Waals surface area (Å²) in [5.41, 5.74) is 3.27. The van der Waals surface area contributed by atoms with Gasteiger partial charge in [0.25, 0.3) is 0 Å². The minimum absolute atomic E-state index is 0.0935. The monoisotopic (exact) mass is 371 g/mol. The first kappa shape index (κ1) is 18.7. The van der Waals surface area contributed by atoms with E-state index in [1.807, 2.05) is 32.0 Å². The number of nitrogens with zero attached hydrogens (tertiary/aromatic N) is 1. The predicted molar refractivity (Wildman–Crippen MR) is 102 cm³/mol. The van der Waals surface area contributed by atoms with Gasteiger partial charge in [0.15, 0.2) is 11.6 Å². The molecule has 0 saturated carbocycles. The van der Waals surface area contributed by atoms with Gasteiger partial charge in [0.1, 0.15) is 6.04 Å². The normalized spacial score (nSPS) is 16.4. The van der Waals surface area contributed by atoms with E-state index in [9.17, 15) is 14.0 Å². The van der Waals surface area contributed by atoms with Crippen LogP contribution in [-0.2, 0) is 4.79 Å². The van der Waals surface area contributed by atoms with Crippen molar-refractivity contribution in [1.82, 2.24) is 5.32 Å². The second kappa shape index (κ2) is 7.65. The second-order valence-electron chi connectivity index (χ2n) is 6.62. The van der Waals surface area contributed by atoms with Crippen LogP contribution in [0.5, 0.6) is 5.75 Å². The number of methoxy groups -OCH3 is 1. The Kier molecular flexibility index (Phi) is 5.30. The van der Waals surface area contributed by atoms with Crippen molar-refractivity contribution in [2.45, 2.75) is 26.3 Å². The molecule has 3 rings (SSSR count). The SMILES string of the molecule is COc1ccc(NC(=O)N[C@H]2CCN(c3cc(C)cc(C)c3)C2=O)cc1F. The number of urea groups is 1. The molecule has 1 fully saturated rings. The molecule has 0 aliphatic carbocycles. The number of rotatable bonds is 4. The maximum Gasteiger partial charge on any atom is 0.319 e. The van der Waals surface area contributed by atoms with Crippen LogP contribution < -0.4 is 20.3 Å². The number of anilines is 2. The Morgan fingerprint density at radius 1 is 1.19 bits per heavy atom. The fourth-order valence-electron chi connectivity index (χ4n) is 3.25. The zero-order chi connectivity index (χ0) is 19.6. The first-order chi connectivity index (χ1) is 12.9. The molecule has 0 radical (unpaired) electrons. The summed E-state index contributed by atoms with van der Waals surface area (Å²) < 4.78 is 18.6. The van der Waals surface area contributed by atoms with E-state index < -0.39 is 17.9 Å². The highest BCUT2D eigenvalue weighted by Gasteiger charge is 2.33. The van der Waals surface area contributed by atoms with Gasteiger partial charge in [-0.2, -0.15) is 0 Å². The van der Waals surface area contributed by atoms with E-state index in [-0.39, 0.29) is 17.3 Å². The molecule has 6 nitrogen and oxygen atoms in total. The highest BCUT2D eigenvalue weighted by molar-refractivity contribution is 6.02. The average molecular weight is 371 g/mol. The molecule has 1 heterocycles. The summed E-state index contributed by atoms with van der Waals surface area (Å²) in [7, 11) is 1.37. The summed E-state index contributed by atoms with van der Waals surface area (Å²) in [6.45, 7) is 4.49. The molecule has 2 aromatic carbocycles. The van der Waals surface area contributed by atoms with Gasteiger partial charge in [-0.1, -0.05) is 6.07 Å². The number of amides is 3. The number of aryl methyl sites for hydroxylation is 2. The number of halogens is 1. The van der Waals surface area contributed by atoms with Crippen LogP contribution in [0.25, 0.3) is 0 Å². The number of ether oxygens (including phenoxy) is 1. The lowest BCUT2D eigenvalue weighted by Crippen LogP contribution is -2.43. The summed E-state index contributed by atoms with van der Waals surface area (Å²) in [4.78, 5) is 26.5. The molecule has 1 saturated heterocycles. The molecule has 1 atom stereocenters. The summed E-state index contributed by atoms with van der Waals surface area (Å²) in [5, 5.41) is 5.20. The van der Waals surface area contributed by atoms with Gasteiger partial charge < -0.3 is 20.3 Å². The molecule has 142 valence electrons. The lowest BCUT2D eigenvalue weighted by molar-refractivity contribution is -0.118. The van der Waals surface area contributed by atoms with Crippen LogP contribution >= 0.6 is 0 Å². The molecular weight excluding hydrogens is 349 g/mol. The van der Waals surface area contributed by atoms with Gasteiger partial charge in [0.2, 0.25) is 5.91 Å². The van der Waals surface area contributed by atoms with Gasteiger partial charge in [-0.25, -0.2) is 9.18 Å². The standard InChI is InChI=1S/C20H22FN3O3/c1-12-8-13(2)10-15(9-12)24-7-6-17(19(24)25)23-20(26)22-14-4-5-18(27-3)16(21)11-14/h4-5,8-11,17H,6-7H2,1-3H3,(H2,22,23,26)/t17-/m0/s1. The van der Waals surface area contributed by atoms with Crippen LogP contribution in [-0.4, -0.2) is 31.6 Å². The van der Waals surface area contributed by atoms with E-state index in [1.54, 1.807) is 4.90 Å². The lowest BCUT2D eigenvalue weighted by Gasteiger charge is -2.18. The van der Waals surface area contributed by atoms with Crippen LogP contribution in [0.1, 0.15) is 17.5 Å². The Balaban J connectivity index is 1.63. The van der Waals surface area contributed by atoms with Gasteiger partial charge in [0.05, 0.1) is 7.11 Å². The summed E-state index contributed by atoms with van der Waals surface area (Å²) >= 11 is 0. The Bertz CT molecular complexity index is 865. The Labute approximate surface area is 157 Å². The largest absolute Gasteiger partial charge is 0.494 e. The lowest BCUT2D eigenvalue weighted by atomic mass is 10.1. The van der Waals surface area contributed by atoms with Crippen molar-refractivity contribution in [2.24, 2.45) is 0 Å². The third kappa shape index (κ3) is 4.19. The highest BCUT2D eigenvalue weighted by Crippen LogP contribution is 2.24. The van der Waals surface area contributed by atoms with Crippen molar-refractivity contribution in [1.29, 1.82) is 0 Å². The fourth-order valence-corrected chi connectivity index (χ4v) is 3.25. The quantitative estimate of drug-likeness (QED) is 0.866. The van der Waals surface area contributed by atoms with Crippen molar-refractivity contribution >= 4 is 23.3 Å². The first-order valence-corrected chi connectivity index (χ1v) is 8.68. The van der Waals surface area contributed by atoms with E-state index in [1.165, 1.54) is 19.2 Å². The number of hydrogen-bond acceptors (Lipinski definition) is 3. The van der Waals surface area contributed by atoms with Gasteiger partial charge in [-0.15, -0.1) is 0 Å². The Hall–Kier alpha value is -3.09. The smallest absolute Gasteiger partial charge is 0.319 e. The van der Waals surface area contributed by atoms with Crippen molar-refractivity contribution < 1.29 is 18.7 Å². The molecule has 7 heteroatoms. The molecule has 0 aromatic heterocycles. The number of carbonyl (C=O) groups excluding carboxylic acids is 2. The molecule has 3 amide bonds. The van der Waals surface area contributed by atoms with Crippen molar-refractivity contribution in [3.8, 4) is 5.75 Å². The summed E-state index contributed by atoms with van der Waals surface area (Å²) in [6, 6.07) is 8.89. The van der Waals surface area contributed by atoms with E-state index in [2.05, 4.69) is 10.6 Å². The fraction of sp³-hybridized carbons (Fsp3) is 0.300. The zero-order valence-electron chi connectivity index (χ0n) is 15.5. The van der Waals surface area contributed by atoms with E-state index in [0.717, 1.165) is 22.9 Å². The van der Waals surface area contributed by atoms with Gasteiger partial charge in [-0.3, -0.25) is 4.79 Å². The number of hydrogen-bond donors (Lipinski definition) is 2. The molecule has 27 heavy (non-hydrogen) atoms. The molecule has 1 aliphatic rings. The molecular formula is C20H22FN3O3. The van der Waals surface area contributed by atoms with Gasteiger partial charge in [-0.05, 0) is 55.7 Å². The van der Waals surface area contributed by atoms with E-state index >= 15 is 0 Å². The highest BCUT2D eigenvalue weighted by atomic mass is 19.1. The molecule has 2 aromatic rings. The van der Waals surface area contributed by atoms with Crippen LogP contribution in [0.4, 0.5) is 20.6 Å². The predicted octanol–water partition coefficient (Wildman–Crippen LogP) is 3.38. The van der Waals surface area contributed by atoms with E-state index in [0.29, 0.717) is 13.0 Å². The minimum atomic E-state index is -0.617. The maximum absolute atomic E-state index is 13.7. The zero-order valence-corrected chi connectivity index (χ0v) is 15.5.